The van der Waals surface area contributed by atoms with E-state index in [-0.39, 0.29) is 45.2 Å². The Labute approximate surface area is 214 Å². The van der Waals surface area contributed by atoms with Crippen LogP contribution in [-0.4, -0.2) is 20.8 Å². The molecule has 1 unspecified atom stereocenters. The molecule has 3 aromatic carbocycles. The molecule has 5 rings (SSSR count). The maximum atomic E-state index is 14.1. The van der Waals surface area contributed by atoms with E-state index in [0.717, 1.165) is 12.1 Å². The number of aromatic hydroxyl groups is 1. The van der Waals surface area contributed by atoms with Crippen molar-refractivity contribution in [1.29, 1.82) is 5.41 Å². The zero-order chi connectivity index (χ0) is 27.0. The lowest BCUT2D eigenvalue weighted by molar-refractivity contribution is 0.432. The molecule has 0 amide bonds. The Morgan fingerprint density at radius 3 is 2.63 bits per heavy atom. The fourth-order valence-corrected chi connectivity index (χ4v) is 4.22. The Morgan fingerprint density at radius 2 is 1.87 bits per heavy atom. The van der Waals surface area contributed by atoms with Crippen molar-refractivity contribution in [2.45, 2.75) is 13.0 Å². The number of rotatable bonds is 6. The van der Waals surface area contributed by atoms with Gasteiger partial charge in [0.2, 0.25) is 5.43 Å². The van der Waals surface area contributed by atoms with Crippen molar-refractivity contribution in [3.8, 4) is 16.9 Å². The number of phenolic OH excluding ortho intramolecular Hbond substituents is 1. The van der Waals surface area contributed by atoms with E-state index >= 15 is 0 Å². The molecule has 0 fully saturated rings. The number of benzene rings is 3. The number of halogens is 2. The first-order valence-corrected chi connectivity index (χ1v) is 11.5. The number of aromatic nitrogens is 2. The molecule has 0 spiro atoms. The van der Waals surface area contributed by atoms with Gasteiger partial charge in [-0.05, 0) is 55.0 Å². The summed E-state index contributed by atoms with van der Waals surface area (Å²) in [5, 5.41) is 21.9. The molecule has 0 bridgehead atoms. The highest BCUT2D eigenvalue weighted by Crippen LogP contribution is 2.33. The van der Waals surface area contributed by atoms with Gasteiger partial charge in [-0.15, -0.1) is 0 Å². The van der Waals surface area contributed by atoms with Crippen LogP contribution >= 0.6 is 0 Å². The molecule has 190 valence electrons. The van der Waals surface area contributed by atoms with Crippen molar-refractivity contribution in [3.05, 3.63) is 112 Å². The first-order chi connectivity index (χ1) is 18.2. The van der Waals surface area contributed by atoms with Crippen LogP contribution in [0.1, 0.15) is 29.9 Å². The van der Waals surface area contributed by atoms with Gasteiger partial charge in [0.1, 0.15) is 35.1 Å². The van der Waals surface area contributed by atoms with Gasteiger partial charge in [-0.2, -0.15) is 0 Å². The summed E-state index contributed by atoms with van der Waals surface area (Å²) < 4.78 is 33.9. The lowest BCUT2D eigenvalue weighted by atomic mass is 9.98. The second-order valence-corrected chi connectivity index (χ2v) is 8.57. The number of nitrogens with two attached hydrogens (primary N) is 1. The number of phenols is 1. The highest BCUT2D eigenvalue weighted by Gasteiger charge is 2.24. The molecule has 2 heterocycles. The summed E-state index contributed by atoms with van der Waals surface area (Å²) in [6, 6.07) is 15.1. The standard InChI is InChI=1S/C28H21F2N5O3/c1-14(35-28-23(27(32)33-13-34-28)24(31)16-9-10-19(30)20(36)12-16)26-22(15-5-4-6-17(29)11-15)25(37)18-7-2-3-8-21(18)38-26/h2-14,31,36H,1H3,(H3,32,33,34,35). The molecular weight excluding hydrogens is 492 g/mol. The van der Waals surface area contributed by atoms with Crippen molar-refractivity contribution in [2.24, 2.45) is 0 Å². The third-order valence-corrected chi connectivity index (χ3v) is 6.05. The van der Waals surface area contributed by atoms with Gasteiger partial charge in [0.15, 0.2) is 11.6 Å². The van der Waals surface area contributed by atoms with Crippen molar-refractivity contribution in [1.82, 2.24) is 9.97 Å². The number of fused-ring (bicyclic) bond motifs is 1. The summed E-state index contributed by atoms with van der Waals surface area (Å²) in [6.45, 7) is 1.71. The Hall–Kier alpha value is -5.12. The average Bonchev–Trinajstić information content (AvgIpc) is 2.90. The molecule has 0 saturated carbocycles. The van der Waals surface area contributed by atoms with Crippen LogP contribution in [0.2, 0.25) is 0 Å². The average molecular weight is 514 g/mol. The highest BCUT2D eigenvalue weighted by atomic mass is 19.1. The molecule has 2 aromatic heterocycles. The monoisotopic (exact) mass is 513 g/mol. The van der Waals surface area contributed by atoms with E-state index in [4.69, 9.17) is 15.6 Å². The molecule has 5 aromatic rings. The summed E-state index contributed by atoms with van der Waals surface area (Å²) in [7, 11) is 0. The molecule has 0 radical (unpaired) electrons. The predicted molar refractivity (Wildman–Crippen MR) is 140 cm³/mol. The second kappa shape index (κ2) is 9.74. The minimum atomic E-state index is -0.831. The van der Waals surface area contributed by atoms with E-state index < -0.39 is 23.4 Å². The van der Waals surface area contributed by atoms with Crippen LogP contribution in [0, 0.1) is 17.0 Å². The maximum absolute atomic E-state index is 14.1. The van der Waals surface area contributed by atoms with Gasteiger partial charge in [0, 0.05) is 5.56 Å². The normalized spacial score (nSPS) is 11.9. The summed E-state index contributed by atoms with van der Waals surface area (Å²) >= 11 is 0. The van der Waals surface area contributed by atoms with E-state index in [9.17, 15) is 18.7 Å². The van der Waals surface area contributed by atoms with Crippen LogP contribution in [0.25, 0.3) is 22.1 Å². The zero-order valence-corrected chi connectivity index (χ0v) is 20.0. The molecule has 0 aliphatic heterocycles. The Morgan fingerprint density at radius 1 is 1.08 bits per heavy atom. The van der Waals surface area contributed by atoms with E-state index in [1.54, 1.807) is 37.3 Å². The van der Waals surface area contributed by atoms with Crippen molar-refractivity contribution >= 4 is 28.3 Å². The van der Waals surface area contributed by atoms with Crippen LogP contribution in [-0.2, 0) is 0 Å². The molecule has 0 saturated heterocycles. The van der Waals surface area contributed by atoms with Gasteiger partial charge >= 0.3 is 0 Å². The maximum Gasteiger partial charge on any atom is 0.200 e. The van der Waals surface area contributed by atoms with Crippen LogP contribution in [0.5, 0.6) is 5.75 Å². The molecule has 8 nitrogen and oxygen atoms in total. The fraction of sp³-hybridized carbons (Fsp3) is 0.0714. The first kappa shape index (κ1) is 24.6. The highest BCUT2D eigenvalue weighted by molar-refractivity contribution is 6.16. The van der Waals surface area contributed by atoms with Crippen molar-refractivity contribution < 1.29 is 18.3 Å². The largest absolute Gasteiger partial charge is 0.505 e. The fourth-order valence-electron chi connectivity index (χ4n) is 4.22. The number of hydrogen-bond acceptors (Lipinski definition) is 8. The van der Waals surface area contributed by atoms with Gasteiger partial charge in [-0.1, -0.05) is 24.3 Å². The third-order valence-electron chi connectivity index (χ3n) is 6.05. The van der Waals surface area contributed by atoms with Gasteiger partial charge in [-0.25, -0.2) is 18.7 Å². The van der Waals surface area contributed by atoms with Crippen LogP contribution < -0.4 is 16.5 Å². The van der Waals surface area contributed by atoms with E-state index in [2.05, 4.69) is 15.3 Å². The quantitative estimate of drug-likeness (QED) is 0.223. The molecular formula is C28H21F2N5O3. The van der Waals surface area contributed by atoms with Crippen LogP contribution in [0.4, 0.5) is 20.4 Å². The Balaban J connectivity index is 1.63. The van der Waals surface area contributed by atoms with Crippen molar-refractivity contribution in [3.63, 3.8) is 0 Å². The number of hydrogen-bond donors (Lipinski definition) is 4. The summed E-state index contributed by atoms with van der Waals surface area (Å²) in [5.41, 5.74) is 6.72. The Bertz CT molecular complexity index is 1770. The minimum absolute atomic E-state index is 0.0335. The van der Waals surface area contributed by atoms with Gasteiger partial charge in [0.05, 0.1) is 28.3 Å². The molecule has 0 aliphatic rings. The summed E-state index contributed by atoms with van der Waals surface area (Å²) in [6.07, 6.45) is 1.20. The van der Waals surface area contributed by atoms with E-state index in [1.165, 1.54) is 30.6 Å². The van der Waals surface area contributed by atoms with Crippen molar-refractivity contribution in [2.75, 3.05) is 11.1 Å². The lowest BCUT2D eigenvalue weighted by Gasteiger charge is -2.20. The smallest absolute Gasteiger partial charge is 0.200 e. The zero-order valence-electron chi connectivity index (χ0n) is 20.0. The molecule has 0 aliphatic carbocycles. The van der Waals surface area contributed by atoms with Gasteiger partial charge in [0.25, 0.3) is 0 Å². The third kappa shape index (κ3) is 4.43. The first-order valence-electron chi connectivity index (χ1n) is 11.5. The summed E-state index contributed by atoms with van der Waals surface area (Å²) in [5.74, 6) is -1.64. The predicted octanol–water partition coefficient (Wildman–Crippen LogP) is 5.41. The number of anilines is 2. The molecule has 38 heavy (non-hydrogen) atoms. The minimum Gasteiger partial charge on any atom is -0.505 e. The number of nitrogens with one attached hydrogen (secondary N) is 2. The van der Waals surface area contributed by atoms with Crippen LogP contribution in [0.3, 0.4) is 0 Å². The van der Waals surface area contributed by atoms with Gasteiger partial charge in [-0.3, -0.25) is 10.2 Å². The van der Waals surface area contributed by atoms with Gasteiger partial charge < -0.3 is 20.6 Å². The molecule has 10 heteroatoms. The lowest BCUT2D eigenvalue weighted by Crippen LogP contribution is -2.18. The molecule has 1 atom stereocenters. The number of nitrogen functional groups attached to an aromatic ring is 1. The Kier molecular flexibility index (Phi) is 6.29. The SMILES string of the molecule is CC(Nc1ncnc(N)c1C(=N)c1ccc(F)c(O)c1)c1oc2ccccc2c(=O)c1-c1cccc(F)c1. The topological polar surface area (TPSA) is 138 Å². The number of nitrogens with zero attached hydrogens (tertiary/aromatic N) is 2. The number of para-hydroxylation sites is 1. The van der Waals surface area contributed by atoms with E-state index in [1.807, 2.05) is 0 Å². The van der Waals surface area contributed by atoms with Crippen LogP contribution in [0.15, 0.2) is 82.3 Å². The second-order valence-electron chi connectivity index (χ2n) is 8.57. The molecule has 5 N–H and O–H groups in total. The van der Waals surface area contributed by atoms with E-state index in [0.29, 0.717) is 16.5 Å². The summed E-state index contributed by atoms with van der Waals surface area (Å²) in [4.78, 5) is 21.8.